The Hall–Kier alpha value is -1.26. The van der Waals surface area contributed by atoms with E-state index in [0.29, 0.717) is 5.92 Å². The van der Waals surface area contributed by atoms with Gasteiger partial charge in [0, 0.05) is 12.1 Å². The molecule has 1 nitrogen and oxygen atoms in total. The van der Waals surface area contributed by atoms with Crippen LogP contribution < -0.4 is 5.32 Å². The van der Waals surface area contributed by atoms with Crippen LogP contribution in [-0.2, 0) is 0 Å². The molecular formula is C11H11F4N. The van der Waals surface area contributed by atoms with Crippen LogP contribution in [0.5, 0.6) is 0 Å². The van der Waals surface area contributed by atoms with E-state index in [2.05, 4.69) is 5.32 Å². The van der Waals surface area contributed by atoms with E-state index < -0.39 is 29.0 Å². The first-order valence-corrected chi connectivity index (χ1v) is 5.10. The Morgan fingerprint density at radius 3 is 2.06 bits per heavy atom. The summed E-state index contributed by atoms with van der Waals surface area (Å²) in [5, 5.41) is 2.49. The van der Waals surface area contributed by atoms with Crippen molar-refractivity contribution in [2.45, 2.75) is 25.8 Å². The van der Waals surface area contributed by atoms with Gasteiger partial charge in [0.25, 0.3) is 0 Å². The molecule has 1 saturated carbocycles. The predicted octanol–water partition coefficient (Wildman–Crippen LogP) is 3.45. The first-order chi connectivity index (χ1) is 7.50. The molecule has 0 heterocycles. The smallest absolute Gasteiger partial charge is 0.185 e. The van der Waals surface area contributed by atoms with Crippen molar-refractivity contribution in [3.8, 4) is 0 Å². The lowest BCUT2D eigenvalue weighted by molar-refractivity contribution is 0.455. The third-order valence-corrected chi connectivity index (χ3v) is 2.81. The molecule has 1 aliphatic rings. The second-order valence-electron chi connectivity index (χ2n) is 4.11. The summed E-state index contributed by atoms with van der Waals surface area (Å²) in [4.78, 5) is 0. The van der Waals surface area contributed by atoms with Crippen molar-refractivity contribution in [1.29, 1.82) is 0 Å². The summed E-state index contributed by atoms with van der Waals surface area (Å²) in [6, 6.07) is 0.0164. The summed E-state index contributed by atoms with van der Waals surface area (Å²) >= 11 is 0. The highest BCUT2D eigenvalue weighted by Gasteiger charge is 2.30. The first-order valence-electron chi connectivity index (χ1n) is 5.10. The Kier molecular flexibility index (Phi) is 2.78. The fraction of sp³-hybridized carbons (Fsp3) is 0.455. The second-order valence-corrected chi connectivity index (χ2v) is 4.11. The van der Waals surface area contributed by atoms with Crippen molar-refractivity contribution in [3.05, 3.63) is 29.3 Å². The molecule has 1 unspecified atom stereocenters. The lowest BCUT2D eigenvalue weighted by atomic mass is 10.2. The molecule has 0 aromatic heterocycles. The molecule has 1 N–H and O–H groups in total. The van der Waals surface area contributed by atoms with Gasteiger partial charge in [-0.3, -0.25) is 0 Å². The van der Waals surface area contributed by atoms with Gasteiger partial charge in [0.1, 0.15) is 5.69 Å². The van der Waals surface area contributed by atoms with Gasteiger partial charge in [-0.05, 0) is 25.7 Å². The van der Waals surface area contributed by atoms with E-state index in [0.717, 1.165) is 12.8 Å². The normalized spacial score (nSPS) is 17.3. The summed E-state index contributed by atoms with van der Waals surface area (Å²) in [7, 11) is 0. The highest BCUT2D eigenvalue weighted by molar-refractivity contribution is 5.48. The number of rotatable bonds is 3. The fourth-order valence-corrected chi connectivity index (χ4v) is 1.64. The van der Waals surface area contributed by atoms with E-state index in [4.69, 9.17) is 0 Å². The van der Waals surface area contributed by atoms with Crippen LogP contribution in [0, 0.1) is 29.2 Å². The molecule has 0 spiro atoms. The molecule has 1 aliphatic carbocycles. The van der Waals surface area contributed by atoms with Crippen molar-refractivity contribution >= 4 is 5.69 Å². The van der Waals surface area contributed by atoms with Crippen LogP contribution >= 0.6 is 0 Å². The molecule has 16 heavy (non-hydrogen) atoms. The van der Waals surface area contributed by atoms with Gasteiger partial charge in [-0.25, -0.2) is 17.6 Å². The molecule has 2 rings (SSSR count). The molecule has 88 valence electrons. The van der Waals surface area contributed by atoms with Crippen molar-refractivity contribution in [2.24, 2.45) is 5.92 Å². The fourth-order valence-electron chi connectivity index (χ4n) is 1.64. The average molecular weight is 233 g/mol. The number of nitrogens with one attached hydrogen (secondary N) is 1. The van der Waals surface area contributed by atoms with Gasteiger partial charge in [-0.15, -0.1) is 0 Å². The van der Waals surface area contributed by atoms with Crippen molar-refractivity contribution < 1.29 is 17.6 Å². The SMILES string of the molecule is CC(Nc1c(F)c(F)cc(F)c1F)C1CC1. The molecule has 0 amide bonds. The highest BCUT2D eigenvalue weighted by atomic mass is 19.2. The van der Waals surface area contributed by atoms with E-state index in [1.165, 1.54) is 0 Å². The Labute approximate surface area is 90.5 Å². The van der Waals surface area contributed by atoms with Crippen LogP contribution in [0.3, 0.4) is 0 Å². The highest BCUT2D eigenvalue weighted by Crippen LogP contribution is 2.35. The topological polar surface area (TPSA) is 12.0 Å². The Bertz CT molecular complexity index is 389. The van der Waals surface area contributed by atoms with E-state index in [-0.39, 0.29) is 12.1 Å². The lowest BCUT2D eigenvalue weighted by Gasteiger charge is -2.16. The van der Waals surface area contributed by atoms with Crippen molar-refractivity contribution in [3.63, 3.8) is 0 Å². The maximum Gasteiger partial charge on any atom is 0.185 e. The largest absolute Gasteiger partial charge is 0.377 e. The number of anilines is 1. The molecule has 0 bridgehead atoms. The number of hydrogen-bond donors (Lipinski definition) is 1. The molecular weight excluding hydrogens is 222 g/mol. The molecule has 0 radical (unpaired) electrons. The lowest BCUT2D eigenvalue weighted by Crippen LogP contribution is -2.20. The molecule has 0 saturated heterocycles. The monoisotopic (exact) mass is 233 g/mol. The van der Waals surface area contributed by atoms with Crippen LogP contribution in [0.4, 0.5) is 23.2 Å². The van der Waals surface area contributed by atoms with E-state index in [9.17, 15) is 17.6 Å². The summed E-state index contributed by atoms with van der Waals surface area (Å²) in [5.74, 6) is -5.18. The molecule has 0 aliphatic heterocycles. The van der Waals surface area contributed by atoms with Gasteiger partial charge >= 0.3 is 0 Å². The third-order valence-electron chi connectivity index (χ3n) is 2.81. The minimum absolute atomic E-state index is 0.190. The maximum absolute atomic E-state index is 13.2. The Balaban J connectivity index is 2.30. The van der Waals surface area contributed by atoms with Gasteiger partial charge in [-0.2, -0.15) is 0 Å². The Morgan fingerprint density at radius 1 is 1.12 bits per heavy atom. The van der Waals surface area contributed by atoms with Crippen molar-refractivity contribution in [2.75, 3.05) is 5.32 Å². The van der Waals surface area contributed by atoms with Gasteiger partial charge in [0.2, 0.25) is 0 Å². The van der Waals surface area contributed by atoms with Crippen molar-refractivity contribution in [1.82, 2.24) is 0 Å². The number of benzene rings is 1. The summed E-state index contributed by atoms with van der Waals surface area (Å²) in [6.45, 7) is 1.74. The molecule has 5 heteroatoms. The standard InChI is InChI=1S/C11H11F4N/c1-5(6-2-3-6)16-11-9(14)7(12)4-8(13)10(11)15/h4-6,16H,2-3H2,1H3. The maximum atomic E-state index is 13.2. The van der Waals surface area contributed by atoms with Gasteiger partial charge in [0.15, 0.2) is 23.3 Å². The summed E-state index contributed by atoms with van der Waals surface area (Å²) < 4.78 is 52.2. The van der Waals surface area contributed by atoms with Crippen LogP contribution in [0.15, 0.2) is 6.07 Å². The van der Waals surface area contributed by atoms with E-state index in [1.54, 1.807) is 6.92 Å². The van der Waals surface area contributed by atoms with Crippen LogP contribution in [0.2, 0.25) is 0 Å². The van der Waals surface area contributed by atoms with Gasteiger partial charge in [0.05, 0.1) is 0 Å². The quantitative estimate of drug-likeness (QED) is 0.622. The van der Waals surface area contributed by atoms with E-state index in [1.807, 2.05) is 0 Å². The molecule has 1 atom stereocenters. The zero-order chi connectivity index (χ0) is 11.9. The summed E-state index contributed by atoms with van der Waals surface area (Å²) in [5.41, 5.74) is -0.711. The minimum Gasteiger partial charge on any atom is -0.377 e. The number of hydrogen-bond acceptors (Lipinski definition) is 1. The van der Waals surface area contributed by atoms with Gasteiger partial charge in [-0.1, -0.05) is 0 Å². The van der Waals surface area contributed by atoms with Crippen LogP contribution in [0.25, 0.3) is 0 Å². The zero-order valence-electron chi connectivity index (χ0n) is 8.66. The summed E-state index contributed by atoms with van der Waals surface area (Å²) in [6.07, 6.45) is 1.93. The van der Waals surface area contributed by atoms with Crippen LogP contribution in [0.1, 0.15) is 19.8 Å². The number of halogens is 4. The predicted molar refractivity (Wildman–Crippen MR) is 52.1 cm³/mol. The molecule has 1 aromatic rings. The van der Waals surface area contributed by atoms with E-state index >= 15 is 0 Å². The van der Waals surface area contributed by atoms with Crippen LogP contribution in [-0.4, -0.2) is 6.04 Å². The Morgan fingerprint density at radius 2 is 1.62 bits per heavy atom. The second kappa shape index (κ2) is 3.96. The minimum atomic E-state index is -1.38. The molecule has 1 fully saturated rings. The third kappa shape index (κ3) is 1.99. The molecule has 1 aromatic carbocycles. The van der Waals surface area contributed by atoms with Gasteiger partial charge < -0.3 is 5.32 Å². The zero-order valence-corrected chi connectivity index (χ0v) is 8.66. The average Bonchev–Trinajstić information content (AvgIpc) is 3.05. The first kappa shape index (κ1) is 11.2.